The summed E-state index contributed by atoms with van der Waals surface area (Å²) in [6.07, 6.45) is 1.13. The molecule has 4 nitrogen and oxygen atoms in total. The quantitative estimate of drug-likeness (QED) is 0.792. The number of hydrogen-bond acceptors (Lipinski definition) is 2. The minimum Gasteiger partial charge on any atom is -0.348 e. The van der Waals surface area contributed by atoms with Crippen molar-refractivity contribution < 1.29 is 0 Å². The molecule has 0 radical (unpaired) electrons. The first kappa shape index (κ1) is 15.7. The molecule has 0 amide bonds. The Balaban J connectivity index is 1.52. The fourth-order valence-corrected chi connectivity index (χ4v) is 4.19. The average Bonchev–Trinajstić information content (AvgIpc) is 2.58. The molecular formula is C18H18ClN3OS. The Labute approximate surface area is 151 Å². The second-order valence-corrected chi connectivity index (χ2v) is 7.36. The van der Waals surface area contributed by atoms with Gasteiger partial charge in [-0.1, -0.05) is 17.7 Å². The number of benzene rings is 1. The van der Waals surface area contributed by atoms with Gasteiger partial charge >= 0.3 is 0 Å². The van der Waals surface area contributed by atoms with Gasteiger partial charge in [0.1, 0.15) is 0 Å². The average molecular weight is 360 g/mol. The highest BCUT2D eigenvalue weighted by Gasteiger charge is 2.35. The van der Waals surface area contributed by atoms with Crippen molar-refractivity contribution in [2.75, 3.05) is 18.4 Å². The summed E-state index contributed by atoms with van der Waals surface area (Å²) in [5.41, 5.74) is 2.19. The van der Waals surface area contributed by atoms with Crippen LogP contribution in [0, 0.1) is 5.92 Å². The number of thiocarbonyl (C=S) groups is 1. The van der Waals surface area contributed by atoms with E-state index in [0.717, 1.165) is 42.5 Å². The minimum atomic E-state index is 0.109. The Hall–Kier alpha value is -1.85. The molecular weight excluding hydrogens is 342 g/mol. The van der Waals surface area contributed by atoms with Crippen LogP contribution in [0.4, 0.5) is 5.69 Å². The van der Waals surface area contributed by atoms with Gasteiger partial charge in [0.15, 0.2) is 5.11 Å². The second kappa shape index (κ2) is 6.22. The van der Waals surface area contributed by atoms with Gasteiger partial charge in [0, 0.05) is 48.0 Å². The van der Waals surface area contributed by atoms with E-state index in [1.54, 1.807) is 6.07 Å². The number of halogens is 1. The largest absolute Gasteiger partial charge is 0.348 e. The number of pyridine rings is 1. The molecule has 0 unspecified atom stereocenters. The van der Waals surface area contributed by atoms with Crippen molar-refractivity contribution in [3.63, 3.8) is 0 Å². The van der Waals surface area contributed by atoms with E-state index in [1.807, 2.05) is 34.9 Å². The van der Waals surface area contributed by atoms with E-state index in [4.69, 9.17) is 23.8 Å². The van der Waals surface area contributed by atoms with E-state index in [-0.39, 0.29) is 5.56 Å². The predicted molar refractivity (Wildman–Crippen MR) is 101 cm³/mol. The topological polar surface area (TPSA) is 37.3 Å². The summed E-state index contributed by atoms with van der Waals surface area (Å²) >= 11 is 11.5. The molecule has 6 heteroatoms. The standard InChI is InChI=1S/C18H18ClN3OS/c19-14-4-6-15(7-5-14)20-18(24)21-9-12-8-13(11-21)16-2-1-3-17(23)22(16)10-12/h1-7,12-13H,8-11H2,(H,20,24)/t12-,13+/m0/s1. The third-order valence-corrected chi connectivity index (χ3v) is 5.47. The number of aromatic nitrogens is 1. The third kappa shape index (κ3) is 2.94. The Morgan fingerprint density at radius 3 is 2.71 bits per heavy atom. The highest BCUT2D eigenvalue weighted by Crippen LogP contribution is 2.35. The molecule has 1 N–H and O–H groups in total. The molecule has 2 aliphatic rings. The monoisotopic (exact) mass is 359 g/mol. The van der Waals surface area contributed by atoms with Gasteiger partial charge in [0.05, 0.1) is 0 Å². The number of nitrogens with zero attached hydrogens (tertiary/aromatic N) is 2. The summed E-state index contributed by atoms with van der Waals surface area (Å²) in [5, 5.41) is 4.74. The van der Waals surface area contributed by atoms with Crippen LogP contribution < -0.4 is 10.9 Å². The van der Waals surface area contributed by atoms with Gasteiger partial charge in [-0.25, -0.2) is 0 Å². The summed E-state index contributed by atoms with van der Waals surface area (Å²) in [6, 6.07) is 13.1. The van der Waals surface area contributed by atoms with Crippen molar-refractivity contribution >= 4 is 34.6 Å². The predicted octanol–water partition coefficient (Wildman–Crippen LogP) is 3.32. The molecule has 1 aromatic carbocycles. The first-order valence-corrected chi connectivity index (χ1v) is 8.90. The van der Waals surface area contributed by atoms with Crippen LogP contribution in [-0.2, 0) is 6.54 Å². The molecule has 1 saturated heterocycles. The van der Waals surface area contributed by atoms with Crippen LogP contribution in [0.2, 0.25) is 5.02 Å². The van der Waals surface area contributed by atoms with Crippen molar-refractivity contribution in [2.24, 2.45) is 5.92 Å². The summed E-state index contributed by atoms with van der Waals surface area (Å²) in [7, 11) is 0. The van der Waals surface area contributed by atoms with Crippen LogP contribution in [0.5, 0.6) is 0 Å². The molecule has 2 atom stereocenters. The molecule has 124 valence electrons. The molecule has 0 aliphatic carbocycles. The first-order valence-electron chi connectivity index (χ1n) is 8.11. The number of likely N-dealkylation sites (tertiary alicyclic amines) is 1. The molecule has 1 aromatic heterocycles. The summed E-state index contributed by atoms with van der Waals surface area (Å²) in [6.45, 7) is 2.52. The van der Waals surface area contributed by atoms with E-state index in [2.05, 4.69) is 16.3 Å². The Morgan fingerprint density at radius 2 is 1.92 bits per heavy atom. The Bertz CT molecular complexity index is 833. The van der Waals surface area contributed by atoms with E-state index in [0.29, 0.717) is 16.9 Å². The van der Waals surface area contributed by atoms with E-state index >= 15 is 0 Å². The molecule has 4 rings (SSSR count). The van der Waals surface area contributed by atoms with Crippen LogP contribution in [0.3, 0.4) is 0 Å². The van der Waals surface area contributed by atoms with Gasteiger partial charge in [0.25, 0.3) is 5.56 Å². The highest BCUT2D eigenvalue weighted by molar-refractivity contribution is 7.80. The zero-order valence-electron chi connectivity index (χ0n) is 13.1. The molecule has 2 aliphatic heterocycles. The number of fused-ring (bicyclic) bond motifs is 4. The van der Waals surface area contributed by atoms with Gasteiger partial charge in [0.2, 0.25) is 0 Å². The summed E-state index contributed by atoms with van der Waals surface area (Å²) in [4.78, 5) is 14.3. The van der Waals surface area contributed by atoms with E-state index in [1.165, 1.54) is 0 Å². The van der Waals surface area contributed by atoms with Crippen molar-refractivity contribution in [3.05, 3.63) is 63.5 Å². The number of rotatable bonds is 1. The van der Waals surface area contributed by atoms with Crippen LogP contribution in [-0.4, -0.2) is 27.7 Å². The maximum atomic E-state index is 12.1. The van der Waals surface area contributed by atoms with Gasteiger partial charge in [-0.05, 0) is 54.9 Å². The van der Waals surface area contributed by atoms with Crippen molar-refractivity contribution in [2.45, 2.75) is 18.9 Å². The van der Waals surface area contributed by atoms with Crippen LogP contribution >= 0.6 is 23.8 Å². The van der Waals surface area contributed by atoms with Crippen molar-refractivity contribution in [1.29, 1.82) is 0 Å². The van der Waals surface area contributed by atoms with Gasteiger partial charge in [-0.15, -0.1) is 0 Å². The van der Waals surface area contributed by atoms with Gasteiger partial charge < -0.3 is 14.8 Å². The fraction of sp³-hybridized carbons (Fsp3) is 0.333. The van der Waals surface area contributed by atoms with Crippen molar-refractivity contribution in [1.82, 2.24) is 9.47 Å². The van der Waals surface area contributed by atoms with Gasteiger partial charge in [-0.2, -0.15) is 0 Å². The zero-order valence-corrected chi connectivity index (χ0v) is 14.7. The first-order chi connectivity index (χ1) is 11.6. The van der Waals surface area contributed by atoms with E-state index < -0.39 is 0 Å². The molecule has 3 heterocycles. The lowest BCUT2D eigenvalue weighted by molar-refractivity contribution is 0.180. The molecule has 2 aromatic rings. The smallest absolute Gasteiger partial charge is 0.250 e. The van der Waals surface area contributed by atoms with E-state index in [9.17, 15) is 4.79 Å². The molecule has 0 saturated carbocycles. The van der Waals surface area contributed by atoms with Crippen molar-refractivity contribution in [3.8, 4) is 0 Å². The third-order valence-electron chi connectivity index (χ3n) is 4.86. The molecule has 0 spiro atoms. The number of anilines is 1. The SMILES string of the molecule is O=c1cccc2n1C[C@H]1C[C@@H]2CN(C(=S)Nc2ccc(Cl)cc2)C1. The lowest BCUT2D eigenvalue weighted by atomic mass is 9.83. The summed E-state index contributed by atoms with van der Waals surface area (Å²) in [5.74, 6) is 0.817. The molecule has 24 heavy (non-hydrogen) atoms. The molecule has 1 fully saturated rings. The van der Waals surface area contributed by atoms with Gasteiger partial charge in [-0.3, -0.25) is 4.79 Å². The van der Waals surface area contributed by atoms with Crippen LogP contribution in [0.15, 0.2) is 47.3 Å². The van der Waals surface area contributed by atoms with Crippen LogP contribution in [0.25, 0.3) is 0 Å². The zero-order chi connectivity index (χ0) is 16.7. The maximum absolute atomic E-state index is 12.1. The fourth-order valence-electron chi connectivity index (χ4n) is 3.80. The second-order valence-electron chi connectivity index (χ2n) is 6.54. The highest BCUT2D eigenvalue weighted by atomic mass is 35.5. The lowest BCUT2D eigenvalue weighted by Gasteiger charge is -2.43. The normalized spacial score (nSPS) is 22.0. The minimum absolute atomic E-state index is 0.109. The molecule has 2 bridgehead atoms. The lowest BCUT2D eigenvalue weighted by Crippen LogP contribution is -2.50. The summed E-state index contributed by atoms with van der Waals surface area (Å²) < 4.78 is 1.94. The van der Waals surface area contributed by atoms with Crippen LogP contribution in [0.1, 0.15) is 18.0 Å². The Kier molecular flexibility index (Phi) is 4.06. The number of nitrogens with one attached hydrogen (secondary N) is 1. The number of hydrogen-bond donors (Lipinski definition) is 1. The number of piperidine rings is 1. The maximum Gasteiger partial charge on any atom is 0.250 e. The Morgan fingerprint density at radius 1 is 1.12 bits per heavy atom.